The Morgan fingerprint density at radius 3 is 2.70 bits per heavy atom. The average molecular weight is 299 g/mol. The summed E-state index contributed by atoms with van der Waals surface area (Å²) in [5.41, 5.74) is 0. The fourth-order valence-corrected chi connectivity index (χ4v) is 1.68. The number of esters is 1. The van der Waals surface area contributed by atoms with Crippen molar-refractivity contribution in [2.45, 2.75) is 18.7 Å². The number of rotatable bonds is 5. The molecule has 0 aromatic heterocycles. The highest BCUT2D eigenvalue weighted by Gasteiger charge is 2.30. The topological polar surface area (TPSA) is 65.1 Å². The first-order chi connectivity index (χ1) is 9.31. The molecule has 0 aliphatic carbocycles. The van der Waals surface area contributed by atoms with E-state index in [-0.39, 0.29) is 26.1 Å². The molecule has 1 aliphatic rings. The van der Waals surface area contributed by atoms with Gasteiger partial charge in [-0.05, 0) is 0 Å². The number of hydrogen-bond acceptors (Lipinski definition) is 5. The van der Waals surface area contributed by atoms with Gasteiger partial charge in [-0.25, -0.2) is 0 Å². The third-order valence-corrected chi connectivity index (χ3v) is 2.60. The molecule has 1 rings (SSSR count). The van der Waals surface area contributed by atoms with E-state index in [1.54, 1.807) is 0 Å². The van der Waals surface area contributed by atoms with Crippen LogP contribution in [-0.2, 0) is 23.8 Å². The van der Waals surface area contributed by atoms with E-state index >= 15 is 0 Å². The molecule has 0 bridgehead atoms. The van der Waals surface area contributed by atoms with Gasteiger partial charge in [-0.2, -0.15) is 13.2 Å². The van der Waals surface area contributed by atoms with Crippen molar-refractivity contribution in [2.75, 3.05) is 40.0 Å². The van der Waals surface area contributed by atoms with E-state index in [4.69, 9.17) is 4.74 Å². The van der Waals surface area contributed by atoms with E-state index < -0.39 is 37.4 Å². The van der Waals surface area contributed by atoms with Crippen LogP contribution in [0.4, 0.5) is 13.2 Å². The first kappa shape index (κ1) is 16.7. The quantitative estimate of drug-likeness (QED) is 0.686. The van der Waals surface area contributed by atoms with E-state index in [1.807, 2.05) is 0 Å². The predicted octanol–water partition coefficient (Wildman–Crippen LogP) is 0.356. The SMILES string of the molecule is COC(=O)CC1CN(C(=O)COCC(F)(F)F)CCO1. The molecule has 0 spiro atoms. The average Bonchev–Trinajstić information content (AvgIpc) is 2.37. The first-order valence-corrected chi connectivity index (χ1v) is 5.92. The number of nitrogens with zero attached hydrogens (tertiary/aromatic N) is 1. The van der Waals surface area contributed by atoms with Gasteiger partial charge in [0.25, 0.3) is 0 Å². The lowest BCUT2D eigenvalue weighted by molar-refractivity contribution is -0.179. The monoisotopic (exact) mass is 299 g/mol. The fourth-order valence-electron chi connectivity index (χ4n) is 1.68. The minimum Gasteiger partial charge on any atom is -0.469 e. The molecule has 1 atom stereocenters. The molecule has 1 unspecified atom stereocenters. The molecule has 20 heavy (non-hydrogen) atoms. The number of hydrogen-bond donors (Lipinski definition) is 0. The largest absolute Gasteiger partial charge is 0.469 e. The van der Waals surface area contributed by atoms with E-state index in [1.165, 1.54) is 12.0 Å². The number of halogens is 3. The molecule has 0 N–H and O–H groups in total. The van der Waals surface area contributed by atoms with Gasteiger partial charge in [0.15, 0.2) is 0 Å². The van der Waals surface area contributed by atoms with Crippen molar-refractivity contribution in [3.8, 4) is 0 Å². The van der Waals surface area contributed by atoms with Crippen LogP contribution in [0.15, 0.2) is 0 Å². The molecule has 9 heteroatoms. The Morgan fingerprint density at radius 2 is 2.10 bits per heavy atom. The number of amides is 1. The van der Waals surface area contributed by atoms with Crippen molar-refractivity contribution >= 4 is 11.9 Å². The van der Waals surface area contributed by atoms with E-state index in [0.29, 0.717) is 0 Å². The van der Waals surface area contributed by atoms with Gasteiger partial charge < -0.3 is 19.1 Å². The smallest absolute Gasteiger partial charge is 0.411 e. The summed E-state index contributed by atoms with van der Waals surface area (Å²) >= 11 is 0. The normalized spacial score (nSPS) is 19.8. The summed E-state index contributed by atoms with van der Waals surface area (Å²) < 4.78 is 49.7. The zero-order valence-electron chi connectivity index (χ0n) is 10.9. The van der Waals surface area contributed by atoms with Crippen molar-refractivity contribution in [3.05, 3.63) is 0 Å². The van der Waals surface area contributed by atoms with Crippen molar-refractivity contribution < 1.29 is 37.0 Å². The van der Waals surface area contributed by atoms with Crippen LogP contribution < -0.4 is 0 Å². The molecular formula is C11H16F3NO5. The summed E-state index contributed by atoms with van der Waals surface area (Å²) in [4.78, 5) is 24.0. The number of alkyl halides is 3. The lowest BCUT2D eigenvalue weighted by Gasteiger charge is -2.32. The maximum absolute atomic E-state index is 11.9. The van der Waals surface area contributed by atoms with Crippen molar-refractivity contribution in [1.82, 2.24) is 4.90 Å². The maximum Gasteiger partial charge on any atom is 0.411 e. The zero-order chi connectivity index (χ0) is 15.2. The molecule has 1 heterocycles. The lowest BCUT2D eigenvalue weighted by atomic mass is 10.2. The highest BCUT2D eigenvalue weighted by Crippen LogP contribution is 2.15. The van der Waals surface area contributed by atoms with Gasteiger partial charge in [-0.1, -0.05) is 0 Å². The van der Waals surface area contributed by atoms with Crippen LogP contribution in [0.2, 0.25) is 0 Å². The van der Waals surface area contributed by atoms with Gasteiger partial charge in [0.2, 0.25) is 5.91 Å². The minimum atomic E-state index is -4.46. The third-order valence-electron chi connectivity index (χ3n) is 2.60. The fraction of sp³-hybridized carbons (Fsp3) is 0.818. The van der Waals surface area contributed by atoms with Crippen LogP contribution in [0.3, 0.4) is 0 Å². The molecule has 0 saturated carbocycles. The second kappa shape index (κ2) is 7.44. The van der Waals surface area contributed by atoms with Gasteiger partial charge in [0.05, 0.1) is 26.2 Å². The molecule has 0 aromatic carbocycles. The Morgan fingerprint density at radius 1 is 1.40 bits per heavy atom. The number of carbonyl (C=O) groups excluding carboxylic acids is 2. The van der Waals surface area contributed by atoms with Crippen LogP contribution in [0, 0.1) is 0 Å². The van der Waals surface area contributed by atoms with Crippen molar-refractivity contribution in [1.29, 1.82) is 0 Å². The van der Waals surface area contributed by atoms with Crippen LogP contribution >= 0.6 is 0 Å². The standard InChI is InChI=1S/C11H16F3NO5/c1-18-10(17)4-8-5-15(2-3-20-8)9(16)6-19-7-11(12,13)14/h8H,2-7H2,1H3. The summed E-state index contributed by atoms with van der Waals surface area (Å²) in [7, 11) is 1.24. The van der Waals surface area contributed by atoms with Crippen molar-refractivity contribution in [2.24, 2.45) is 0 Å². The van der Waals surface area contributed by atoms with E-state index in [2.05, 4.69) is 9.47 Å². The Bertz CT molecular complexity index is 347. The Hall–Kier alpha value is -1.35. The number of ether oxygens (including phenoxy) is 3. The van der Waals surface area contributed by atoms with E-state index in [0.717, 1.165) is 0 Å². The highest BCUT2D eigenvalue weighted by molar-refractivity contribution is 5.77. The van der Waals surface area contributed by atoms with Crippen LogP contribution in [0.5, 0.6) is 0 Å². The summed E-state index contributed by atoms with van der Waals surface area (Å²) in [5, 5.41) is 0. The number of carbonyl (C=O) groups is 2. The Labute approximate surface area is 113 Å². The van der Waals surface area contributed by atoms with E-state index in [9.17, 15) is 22.8 Å². The molecule has 6 nitrogen and oxygen atoms in total. The Kier molecular flexibility index (Phi) is 6.21. The zero-order valence-corrected chi connectivity index (χ0v) is 10.9. The van der Waals surface area contributed by atoms with Gasteiger partial charge in [0.1, 0.15) is 13.2 Å². The third kappa shape index (κ3) is 6.20. The van der Waals surface area contributed by atoms with Gasteiger partial charge in [-0.15, -0.1) is 0 Å². The number of methoxy groups -OCH3 is 1. The summed E-state index contributed by atoms with van der Waals surface area (Å²) in [6.07, 6.45) is -4.98. The molecular weight excluding hydrogens is 283 g/mol. The minimum absolute atomic E-state index is 0.0102. The predicted molar refractivity (Wildman–Crippen MR) is 59.8 cm³/mol. The first-order valence-electron chi connectivity index (χ1n) is 5.92. The molecule has 116 valence electrons. The van der Waals surface area contributed by atoms with Crippen LogP contribution in [-0.4, -0.2) is 69.1 Å². The summed E-state index contributed by atoms with van der Waals surface area (Å²) in [5.74, 6) is -1.04. The molecule has 1 fully saturated rings. The second-order valence-electron chi connectivity index (χ2n) is 4.22. The lowest BCUT2D eigenvalue weighted by Crippen LogP contribution is -2.47. The summed E-state index contributed by atoms with van der Waals surface area (Å²) in [6, 6.07) is 0. The molecule has 0 aromatic rings. The molecule has 1 aliphatic heterocycles. The molecule has 0 radical (unpaired) electrons. The number of morpholine rings is 1. The van der Waals surface area contributed by atoms with Crippen molar-refractivity contribution in [3.63, 3.8) is 0 Å². The highest BCUT2D eigenvalue weighted by atomic mass is 19.4. The summed E-state index contributed by atoms with van der Waals surface area (Å²) in [6.45, 7) is -1.51. The van der Waals surface area contributed by atoms with Gasteiger partial charge in [-0.3, -0.25) is 9.59 Å². The van der Waals surface area contributed by atoms with Crippen LogP contribution in [0.1, 0.15) is 6.42 Å². The maximum atomic E-state index is 11.9. The Balaban J connectivity index is 2.34. The molecule has 1 saturated heterocycles. The molecule has 1 amide bonds. The van der Waals surface area contributed by atoms with Crippen LogP contribution in [0.25, 0.3) is 0 Å². The van der Waals surface area contributed by atoms with Gasteiger partial charge >= 0.3 is 12.1 Å². The van der Waals surface area contributed by atoms with Gasteiger partial charge in [0, 0.05) is 13.1 Å². The second-order valence-corrected chi connectivity index (χ2v) is 4.22.